The maximum atomic E-state index is 6.49. The van der Waals surface area contributed by atoms with E-state index in [0.29, 0.717) is 0 Å². The number of para-hydroxylation sites is 2. The van der Waals surface area contributed by atoms with E-state index in [9.17, 15) is 0 Å². The van der Waals surface area contributed by atoms with Crippen LogP contribution < -0.4 is 0 Å². The molecule has 0 bridgehead atoms. The summed E-state index contributed by atoms with van der Waals surface area (Å²) in [7, 11) is 0. The van der Waals surface area contributed by atoms with E-state index in [1.54, 1.807) is 0 Å². The lowest BCUT2D eigenvalue weighted by molar-refractivity contribution is 0.591. The molecule has 0 amide bonds. The Hall–Kier alpha value is -3.36. The molecule has 0 fully saturated rings. The van der Waals surface area contributed by atoms with Crippen molar-refractivity contribution in [3.8, 4) is 11.1 Å². The SMILES string of the molecule is C=C(C)c1ccc2c(Br)c3cc(C(C)(C)C)ccc3c(-c3cccc4c3oc3ccccc34)c2c1. The third-order valence-corrected chi connectivity index (χ3v) is 7.94. The minimum absolute atomic E-state index is 0.0608. The molecule has 0 radical (unpaired) electrons. The van der Waals surface area contributed by atoms with Crippen LogP contribution in [0.3, 0.4) is 0 Å². The number of allylic oxidation sites excluding steroid dienone is 1. The standard InChI is InChI=1S/C33H27BrO/c1-19(2)20-13-15-24-27(17-20)30(23-16-14-21(33(3,4)5)18-28(23)31(24)34)26-11-8-10-25-22-9-6-7-12-29(22)35-32(25)26/h6-18H,1H2,2-5H3. The van der Waals surface area contributed by atoms with Gasteiger partial charge in [0, 0.05) is 26.4 Å². The zero-order valence-corrected chi connectivity index (χ0v) is 22.1. The van der Waals surface area contributed by atoms with Gasteiger partial charge >= 0.3 is 0 Å². The highest BCUT2D eigenvalue weighted by Gasteiger charge is 2.21. The zero-order chi connectivity index (χ0) is 24.5. The van der Waals surface area contributed by atoms with Gasteiger partial charge in [0.05, 0.1) is 0 Å². The highest BCUT2D eigenvalue weighted by atomic mass is 79.9. The van der Waals surface area contributed by atoms with Crippen LogP contribution in [0.1, 0.15) is 38.8 Å². The molecule has 0 N–H and O–H groups in total. The third-order valence-electron chi connectivity index (χ3n) is 7.08. The first kappa shape index (κ1) is 22.1. The molecular formula is C33H27BrO. The molecule has 6 rings (SSSR count). The molecule has 0 spiro atoms. The van der Waals surface area contributed by atoms with Gasteiger partial charge in [0.1, 0.15) is 11.2 Å². The van der Waals surface area contributed by atoms with Crippen molar-refractivity contribution >= 4 is 65.0 Å². The maximum absolute atomic E-state index is 6.49. The van der Waals surface area contributed by atoms with Crippen LogP contribution in [-0.2, 0) is 5.41 Å². The first-order valence-corrected chi connectivity index (χ1v) is 12.8. The Kier molecular flexibility index (Phi) is 4.95. The van der Waals surface area contributed by atoms with Gasteiger partial charge in [-0.15, -0.1) is 0 Å². The summed E-state index contributed by atoms with van der Waals surface area (Å²) in [6.07, 6.45) is 0. The van der Waals surface area contributed by atoms with Gasteiger partial charge in [0.15, 0.2) is 0 Å². The smallest absolute Gasteiger partial charge is 0.143 e. The fourth-order valence-corrected chi connectivity index (χ4v) is 5.82. The molecule has 0 aliphatic carbocycles. The minimum Gasteiger partial charge on any atom is -0.455 e. The lowest BCUT2D eigenvalue weighted by atomic mass is 9.83. The lowest BCUT2D eigenvalue weighted by Crippen LogP contribution is -2.10. The summed E-state index contributed by atoms with van der Waals surface area (Å²) in [4.78, 5) is 0. The number of rotatable bonds is 2. The van der Waals surface area contributed by atoms with Crippen LogP contribution >= 0.6 is 15.9 Å². The molecule has 2 heteroatoms. The molecule has 0 aliphatic rings. The number of benzene rings is 5. The highest BCUT2D eigenvalue weighted by molar-refractivity contribution is 9.10. The van der Waals surface area contributed by atoms with Crippen molar-refractivity contribution in [3.63, 3.8) is 0 Å². The summed E-state index contributed by atoms with van der Waals surface area (Å²) in [6, 6.07) is 28.3. The molecule has 1 nitrogen and oxygen atoms in total. The van der Waals surface area contributed by atoms with Crippen LogP contribution in [0.15, 0.2) is 94.3 Å². The monoisotopic (exact) mass is 518 g/mol. The van der Waals surface area contributed by atoms with Crippen LogP contribution in [-0.4, -0.2) is 0 Å². The van der Waals surface area contributed by atoms with Crippen molar-refractivity contribution in [2.45, 2.75) is 33.1 Å². The van der Waals surface area contributed by atoms with Gasteiger partial charge in [-0.25, -0.2) is 0 Å². The first-order chi connectivity index (χ1) is 16.7. The van der Waals surface area contributed by atoms with Crippen LogP contribution in [0.2, 0.25) is 0 Å². The Morgan fingerprint density at radius 3 is 2.26 bits per heavy atom. The molecule has 5 aromatic carbocycles. The van der Waals surface area contributed by atoms with E-state index >= 15 is 0 Å². The van der Waals surface area contributed by atoms with Crippen molar-refractivity contribution in [1.29, 1.82) is 0 Å². The molecule has 0 unspecified atom stereocenters. The summed E-state index contributed by atoms with van der Waals surface area (Å²) in [5.41, 5.74) is 7.74. The summed E-state index contributed by atoms with van der Waals surface area (Å²) >= 11 is 3.98. The molecule has 0 saturated heterocycles. The van der Waals surface area contributed by atoms with Crippen molar-refractivity contribution in [2.75, 3.05) is 0 Å². The quantitative estimate of drug-likeness (QED) is 0.207. The highest BCUT2D eigenvalue weighted by Crippen LogP contribution is 2.46. The molecule has 6 aromatic rings. The average molecular weight is 519 g/mol. The number of fused-ring (bicyclic) bond motifs is 5. The van der Waals surface area contributed by atoms with Gasteiger partial charge in [-0.1, -0.05) is 93.6 Å². The summed E-state index contributed by atoms with van der Waals surface area (Å²) < 4.78 is 7.62. The van der Waals surface area contributed by atoms with Gasteiger partial charge in [-0.3, -0.25) is 0 Å². The molecule has 1 heterocycles. The van der Waals surface area contributed by atoms with Gasteiger partial charge in [-0.2, -0.15) is 0 Å². The van der Waals surface area contributed by atoms with Crippen LogP contribution in [0.4, 0.5) is 0 Å². The largest absolute Gasteiger partial charge is 0.455 e. The third kappa shape index (κ3) is 3.43. The van der Waals surface area contributed by atoms with E-state index in [1.165, 1.54) is 32.7 Å². The van der Waals surface area contributed by atoms with E-state index in [-0.39, 0.29) is 5.41 Å². The number of halogens is 1. The molecule has 0 aliphatic heterocycles. The minimum atomic E-state index is 0.0608. The van der Waals surface area contributed by atoms with Crippen LogP contribution in [0.5, 0.6) is 0 Å². The number of furan rings is 1. The fourth-order valence-electron chi connectivity index (χ4n) is 5.14. The molecule has 1 aromatic heterocycles. The Morgan fingerprint density at radius 1 is 0.743 bits per heavy atom. The molecule has 172 valence electrons. The fraction of sp³-hybridized carbons (Fsp3) is 0.152. The Bertz CT molecular complexity index is 1810. The number of hydrogen-bond donors (Lipinski definition) is 0. The predicted molar refractivity (Wildman–Crippen MR) is 155 cm³/mol. The lowest BCUT2D eigenvalue weighted by Gasteiger charge is -2.22. The van der Waals surface area contributed by atoms with Gasteiger partial charge in [0.2, 0.25) is 0 Å². The van der Waals surface area contributed by atoms with Crippen molar-refractivity contribution in [3.05, 3.63) is 101 Å². The first-order valence-electron chi connectivity index (χ1n) is 12.0. The number of hydrogen-bond acceptors (Lipinski definition) is 1. The summed E-state index contributed by atoms with van der Waals surface area (Å²) in [5, 5.41) is 7.11. The van der Waals surface area contributed by atoms with Gasteiger partial charge in [-0.05, 0) is 79.1 Å². The van der Waals surface area contributed by atoms with E-state index in [1.807, 2.05) is 12.1 Å². The van der Waals surface area contributed by atoms with E-state index < -0.39 is 0 Å². The Morgan fingerprint density at radius 2 is 1.49 bits per heavy atom. The van der Waals surface area contributed by atoms with E-state index in [2.05, 4.69) is 117 Å². The average Bonchev–Trinajstić information content (AvgIpc) is 3.22. The van der Waals surface area contributed by atoms with Crippen LogP contribution in [0, 0.1) is 0 Å². The second kappa shape index (κ2) is 7.83. The van der Waals surface area contributed by atoms with Gasteiger partial charge < -0.3 is 4.42 Å². The maximum Gasteiger partial charge on any atom is 0.143 e. The topological polar surface area (TPSA) is 13.1 Å². The normalized spacial score (nSPS) is 12.3. The second-order valence-corrected chi connectivity index (χ2v) is 11.3. The van der Waals surface area contributed by atoms with Crippen molar-refractivity contribution in [2.24, 2.45) is 0 Å². The Labute approximate surface area is 214 Å². The molecule has 0 saturated carbocycles. The molecular weight excluding hydrogens is 492 g/mol. The predicted octanol–water partition coefficient (Wildman–Crippen LogP) is 10.7. The van der Waals surface area contributed by atoms with Crippen molar-refractivity contribution in [1.82, 2.24) is 0 Å². The Balaban J connectivity index is 1.82. The van der Waals surface area contributed by atoms with Crippen LogP contribution in [0.25, 0.3) is 60.2 Å². The van der Waals surface area contributed by atoms with Gasteiger partial charge in [0.25, 0.3) is 0 Å². The molecule has 35 heavy (non-hydrogen) atoms. The van der Waals surface area contributed by atoms with E-state index in [0.717, 1.165) is 43.1 Å². The molecule has 0 atom stereocenters. The zero-order valence-electron chi connectivity index (χ0n) is 20.5. The van der Waals surface area contributed by atoms with Crippen molar-refractivity contribution < 1.29 is 4.42 Å². The summed E-state index contributed by atoms with van der Waals surface area (Å²) in [6.45, 7) is 13.1. The van der Waals surface area contributed by atoms with E-state index in [4.69, 9.17) is 4.42 Å². The second-order valence-electron chi connectivity index (χ2n) is 10.5. The summed E-state index contributed by atoms with van der Waals surface area (Å²) in [5.74, 6) is 0.